The van der Waals surface area contributed by atoms with Gasteiger partial charge in [-0.15, -0.1) is 0 Å². The predicted octanol–water partition coefficient (Wildman–Crippen LogP) is 2.51. The molecule has 2 aromatic rings. The van der Waals surface area contributed by atoms with E-state index in [1.807, 2.05) is 36.4 Å². The summed E-state index contributed by atoms with van der Waals surface area (Å²) in [6, 6.07) is 14.5. The summed E-state index contributed by atoms with van der Waals surface area (Å²) in [4.78, 5) is 12.0. The number of carboxylic acid groups (broad SMARTS) is 1. The van der Waals surface area contributed by atoms with Crippen molar-refractivity contribution >= 4 is 22.9 Å². The number of ether oxygens (including phenoxy) is 1. The van der Waals surface area contributed by atoms with Gasteiger partial charge in [0.25, 0.3) is 11.3 Å². The van der Waals surface area contributed by atoms with E-state index >= 15 is 0 Å². The molecule has 1 aliphatic heterocycles. The summed E-state index contributed by atoms with van der Waals surface area (Å²) in [5, 5.41) is 12.9. The van der Waals surface area contributed by atoms with Crippen LogP contribution in [0.5, 0.6) is 5.75 Å². The molecule has 1 aliphatic rings. The van der Waals surface area contributed by atoms with Crippen molar-refractivity contribution in [1.82, 2.24) is 5.32 Å². The molecular weight excluding hydrogens is 368 g/mol. The summed E-state index contributed by atoms with van der Waals surface area (Å²) >= 11 is -2.46. The number of methoxy groups -OCH3 is 1. The fourth-order valence-electron chi connectivity index (χ4n) is 3.40. The van der Waals surface area contributed by atoms with E-state index in [1.54, 1.807) is 19.2 Å². The predicted molar refractivity (Wildman–Crippen MR) is 104 cm³/mol. The molecule has 1 atom stereocenters. The summed E-state index contributed by atoms with van der Waals surface area (Å²) in [7, 11) is 1.60. The molecule has 1 heterocycles. The molecule has 0 bridgehead atoms. The summed E-state index contributed by atoms with van der Waals surface area (Å²) in [5.41, 5.74) is 0.873. The van der Waals surface area contributed by atoms with Crippen molar-refractivity contribution < 1.29 is 23.4 Å². The van der Waals surface area contributed by atoms with Crippen molar-refractivity contribution in [1.29, 1.82) is 0 Å². The van der Waals surface area contributed by atoms with Gasteiger partial charge >= 0.3 is 5.97 Å². The Bertz CT molecular complexity index is 817. The van der Waals surface area contributed by atoms with E-state index in [4.69, 9.17) is 4.74 Å². The van der Waals surface area contributed by atoms with E-state index in [2.05, 4.69) is 5.32 Å². The molecule has 0 aromatic heterocycles. The Morgan fingerprint density at radius 3 is 2.04 bits per heavy atom. The monoisotopic (exact) mass is 390 g/mol. The van der Waals surface area contributed by atoms with Crippen molar-refractivity contribution in [2.45, 2.75) is 18.4 Å². The molecular formula is C19H22N2O5S. The zero-order chi connectivity index (χ0) is 19.4. The topological polar surface area (TPSA) is 99.1 Å². The number of carbonyl (C=O) groups is 1. The van der Waals surface area contributed by atoms with Crippen molar-refractivity contribution in [2.75, 3.05) is 24.5 Å². The Hall–Kier alpha value is -2.42. The van der Waals surface area contributed by atoms with Gasteiger partial charge in [0.05, 0.1) is 12.8 Å². The summed E-state index contributed by atoms with van der Waals surface area (Å²) < 4.78 is 28.2. The molecule has 8 heteroatoms. The summed E-state index contributed by atoms with van der Waals surface area (Å²) in [6.45, 7) is 0.952. The first-order valence-corrected chi connectivity index (χ1v) is 9.64. The van der Waals surface area contributed by atoms with Gasteiger partial charge in [0.1, 0.15) is 5.75 Å². The van der Waals surface area contributed by atoms with Crippen LogP contribution in [0.1, 0.15) is 12.8 Å². The minimum Gasteiger partial charge on any atom is -0.497 e. The van der Waals surface area contributed by atoms with Crippen molar-refractivity contribution in [2.24, 2.45) is 0 Å². The average molecular weight is 390 g/mol. The lowest BCUT2D eigenvalue weighted by Crippen LogP contribution is -2.60. The van der Waals surface area contributed by atoms with Gasteiger partial charge in [-0.25, -0.2) is 9.00 Å². The van der Waals surface area contributed by atoms with Gasteiger partial charge in [-0.2, -0.15) is 0 Å². The van der Waals surface area contributed by atoms with Gasteiger partial charge < -0.3 is 15.2 Å². The van der Waals surface area contributed by atoms with E-state index in [9.17, 15) is 18.7 Å². The first-order valence-electron chi connectivity index (χ1n) is 8.58. The zero-order valence-corrected chi connectivity index (χ0v) is 15.7. The average Bonchev–Trinajstić information content (AvgIpc) is 2.69. The van der Waals surface area contributed by atoms with Gasteiger partial charge in [0, 0.05) is 0 Å². The fraction of sp³-hybridized carbons (Fsp3) is 0.316. The maximum absolute atomic E-state index is 12.1. The van der Waals surface area contributed by atoms with E-state index in [0.717, 1.165) is 21.2 Å². The van der Waals surface area contributed by atoms with Gasteiger partial charge in [-0.05, 0) is 61.3 Å². The fourth-order valence-corrected chi connectivity index (χ4v) is 4.27. The van der Waals surface area contributed by atoms with E-state index in [1.165, 1.54) is 0 Å². The van der Waals surface area contributed by atoms with Crippen molar-refractivity contribution in [3.8, 4) is 16.9 Å². The van der Waals surface area contributed by atoms with Gasteiger partial charge in [0.15, 0.2) is 5.54 Å². The second-order valence-electron chi connectivity index (χ2n) is 6.39. The number of rotatable bonds is 6. The first kappa shape index (κ1) is 19.3. The Labute approximate surface area is 160 Å². The molecule has 0 amide bonds. The molecule has 2 aromatic carbocycles. The smallest absolute Gasteiger partial charge is 0.330 e. The number of aliphatic carboxylic acids is 1. The third kappa shape index (κ3) is 3.83. The Kier molecular flexibility index (Phi) is 5.79. The van der Waals surface area contributed by atoms with Crippen molar-refractivity contribution in [3.05, 3.63) is 48.5 Å². The van der Waals surface area contributed by atoms with E-state index in [0.29, 0.717) is 18.8 Å². The molecule has 1 unspecified atom stereocenters. The van der Waals surface area contributed by atoms with Crippen LogP contribution in [0.3, 0.4) is 0 Å². The normalized spacial score (nSPS) is 17.1. The highest BCUT2D eigenvalue weighted by Gasteiger charge is 2.48. The van der Waals surface area contributed by atoms with Crippen LogP contribution in [-0.2, 0) is 16.1 Å². The Balaban J connectivity index is 1.94. The van der Waals surface area contributed by atoms with Crippen LogP contribution < -0.4 is 14.4 Å². The van der Waals surface area contributed by atoms with Crippen LogP contribution in [-0.4, -0.2) is 45.6 Å². The maximum Gasteiger partial charge on any atom is 0.330 e. The highest BCUT2D eigenvalue weighted by molar-refractivity contribution is 7.80. The van der Waals surface area contributed by atoms with Crippen LogP contribution in [0.2, 0.25) is 0 Å². The summed E-state index contributed by atoms with van der Waals surface area (Å²) in [5.74, 6) is -0.336. The SMILES string of the molecule is COc1ccc(-c2ccc(N(S(=O)O)C3(C(=O)O)CCNCC3)cc2)cc1. The molecule has 7 nitrogen and oxygen atoms in total. The second kappa shape index (κ2) is 8.08. The Morgan fingerprint density at radius 2 is 1.59 bits per heavy atom. The quantitative estimate of drug-likeness (QED) is 0.656. The number of nitrogens with zero attached hydrogens (tertiary/aromatic N) is 1. The maximum atomic E-state index is 12.1. The largest absolute Gasteiger partial charge is 0.497 e. The molecule has 1 fully saturated rings. The third-order valence-corrected chi connectivity index (χ3v) is 5.77. The molecule has 3 N–H and O–H groups in total. The number of benzene rings is 2. The van der Waals surface area contributed by atoms with Gasteiger partial charge in [-0.1, -0.05) is 24.3 Å². The van der Waals surface area contributed by atoms with Crippen LogP contribution in [0, 0.1) is 0 Å². The molecule has 144 valence electrons. The highest BCUT2D eigenvalue weighted by Crippen LogP contribution is 2.34. The number of piperidine rings is 1. The number of anilines is 1. The van der Waals surface area contributed by atoms with Crippen molar-refractivity contribution in [3.63, 3.8) is 0 Å². The lowest BCUT2D eigenvalue weighted by Gasteiger charge is -2.41. The molecule has 0 saturated carbocycles. The van der Waals surface area contributed by atoms with Crippen LogP contribution in [0.25, 0.3) is 11.1 Å². The molecule has 0 radical (unpaired) electrons. The standard InChI is InChI=1S/C19H22N2O5S/c1-26-17-8-4-15(5-9-17)14-2-6-16(7-3-14)21(27(24)25)19(18(22)23)10-12-20-13-11-19/h2-9,20H,10-13H2,1H3,(H,22,23)(H,24,25). The van der Waals surface area contributed by atoms with E-state index < -0.39 is 22.8 Å². The molecule has 27 heavy (non-hydrogen) atoms. The zero-order valence-electron chi connectivity index (χ0n) is 14.9. The van der Waals surface area contributed by atoms with Crippen LogP contribution in [0.15, 0.2) is 48.5 Å². The second-order valence-corrected chi connectivity index (χ2v) is 7.21. The molecule has 0 spiro atoms. The molecule has 3 rings (SSSR count). The summed E-state index contributed by atoms with van der Waals surface area (Å²) in [6.07, 6.45) is 0.490. The molecule has 0 aliphatic carbocycles. The molecule has 1 saturated heterocycles. The number of hydrogen-bond acceptors (Lipinski definition) is 4. The highest BCUT2D eigenvalue weighted by atomic mass is 32.2. The lowest BCUT2D eigenvalue weighted by atomic mass is 9.88. The first-order chi connectivity index (χ1) is 13.0. The van der Waals surface area contributed by atoms with Gasteiger partial charge in [-0.3, -0.25) is 8.86 Å². The Morgan fingerprint density at radius 1 is 1.07 bits per heavy atom. The third-order valence-electron chi connectivity index (χ3n) is 4.90. The minimum absolute atomic E-state index is 0.245. The van der Waals surface area contributed by atoms with Crippen LogP contribution >= 0.6 is 0 Å². The number of carboxylic acids is 1. The lowest BCUT2D eigenvalue weighted by molar-refractivity contribution is -0.144. The van der Waals surface area contributed by atoms with E-state index in [-0.39, 0.29) is 12.8 Å². The van der Waals surface area contributed by atoms with Crippen LogP contribution in [0.4, 0.5) is 5.69 Å². The number of hydrogen-bond donors (Lipinski definition) is 3. The van der Waals surface area contributed by atoms with Gasteiger partial charge in [0.2, 0.25) is 0 Å². The minimum atomic E-state index is -2.46. The number of nitrogens with one attached hydrogen (secondary N) is 1.